The number of nitrogens with one attached hydrogen (secondary N) is 3. The molecule has 1 aliphatic heterocycles. The molecule has 0 aliphatic carbocycles. The molecule has 0 saturated carbocycles. The van der Waals surface area contributed by atoms with Crippen LogP contribution in [0.4, 0.5) is 23.7 Å². The van der Waals surface area contributed by atoms with Gasteiger partial charge in [0.2, 0.25) is 0 Å². The number of carbonyl (C=O) groups excluding carboxylic acids is 1. The molecule has 21 heavy (non-hydrogen) atoms. The summed E-state index contributed by atoms with van der Waals surface area (Å²) in [5, 5.41) is 8.31. The lowest BCUT2D eigenvalue weighted by Gasteiger charge is -2.12. The average Bonchev–Trinajstić information content (AvgIpc) is 2.91. The van der Waals surface area contributed by atoms with Crippen LogP contribution in [0.5, 0.6) is 0 Å². The molecular weight excluding hydrogens is 283 g/mol. The van der Waals surface area contributed by atoms with Gasteiger partial charge in [-0.2, -0.15) is 13.2 Å². The number of anilines is 1. The van der Waals surface area contributed by atoms with Crippen LogP contribution in [0.15, 0.2) is 24.3 Å². The molecule has 0 bridgehead atoms. The van der Waals surface area contributed by atoms with E-state index in [-0.39, 0.29) is 5.69 Å². The minimum absolute atomic E-state index is 0.129. The van der Waals surface area contributed by atoms with Crippen molar-refractivity contribution in [3.05, 3.63) is 29.8 Å². The smallest absolute Gasteiger partial charge is 0.338 e. The van der Waals surface area contributed by atoms with Gasteiger partial charge in [-0.3, -0.25) is 0 Å². The molecule has 1 fully saturated rings. The standard InChI is InChI=1S/C14H18F3N3O/c15-14(16,17)11-2-1-3-12(8-11)20-13(21)19-7-5-10-4-6-18-9-10/h1-3,8,10,18H,4-7,9H2,(H2,19,20,21). The van der Waals surface area contributed by atoms with Gasteiger partial charge in [0.1, 0.15) is 0 Å². The number of hydrogen-bond donors (Lipinski definition) is 3. The molecule has 0 radical (unpaired) electrons. The second-order valence-electron chi connectivity index (χ2n) is 5.11. The highest BCUT2D eigenvalue weighted by Crippen LogP contribution is 2.30. The highest BCUT2D eigenvalue weighted by Gasteiger charge is 2.30. The summed E-state index contributed by atoms with van der Waals surface area (Å²) in [7, 11) is 0. The average molecular weight is 301 g/mol. The third kappa shape index (κ3) is 4.93. The fourth-order valence-corrected chi connectivity index (χ4v) is 2.30. The van der Waals surface area contributed by atoms with Crippen molar-refractivity contribution in [1.29, 1.82) is 0 Å². The van der Waals surface area contributed by atoms with E-state index in [9.17, 15) is 18.0 Å². The molecular formula is C14H18F3N3O. The lowest BCUT2D eigenvalue weighted by atomic mass is 10.1. The van der Waals surface area contributed by atoms with E-state index >= 15 is 0 Å². The topological polar surface area (TPSA) is 53.2 Å². The van der Waals surface area contributed by atoms with E-state index < -0.39 is 17.8 Å². The number of benzene rings is 1. The lowest BCUT2D eigenvalue weighted by molar-refractivity contribution is -0.137. The Labute approximate surface area is 121 Å². The Morgan fingerprint density at radius 3 is 2.86 bits per heavy atom. The first-order valence-corrected chi connectivity index (χ1v) is 6.88. The molecule has 1 unspecified atom stereocenters. The first kappa shape index (κ1) is 15.6. The fraction of sp³-hybridized carbons (Fsp3) is 0.500. The maximum Gasteiger partial charge on any atom is 0.416 e. The Balaban J connectivity index is 1.79. The molecule has 1 aliphatic rings. The van der Waals surface area contributed by atoms with E-state index in [1.807, 2.05) is 0 Å². The molecule has 0 aromatic heterocycles. The molecule has 1 saturated heterocycles. The largest absolute Gasteiger partial charge is 0.416 e. The van der Waals surface area contributed by atoms with Gasteiger partial charge in [0.05, 0.1) is 5.56 Å². The number of carbonyl (C=O) groups is 1. The maximum absolute atomic E-state index is 12.5. The first-order chi connectivity index (χ1) is 9.95. The second-order valence-corrected chi connectivity index (χ2v) is 5.11. The van der Waals surface area contributed by atoms with Gasteiger partial charge in [0.25, 0.3) is 0 Å². The van der Waals surface area contributed by atoms with Gasteiger partial charge >= 0.3 is 12.2 Å². The van der Waals surface area contributed by atoms with Crippen molar-refractivity contribution >= 4 is 11.7 Å². The molecule has 1 heterocycles. The predicted octanol–water partition coefficient (Wildman–Crippen LogP) is 2.83. The van der Waals surface area contributed by atoms with Crippen molar-refractivity contribution < 1.29 is 18.0 Å². The Morgan fingerprint density at radius 1 is 1.38 bits per heavy atom. The van der Waals surface area contributed by atoms with E-state index in [1.165, 1.54) is 12.1 Å². The van der Waals surface area contributed by atoms with Gasteiger partial charge in [-0.05, 0) is 50.0 Å². The molecule has 0 spiro atoms. The first-order valence-electron chi connectivity index (χ1n) is 6.88. The zero-order valence-corrected chi connectivity index (χ0v) is 11.5. The van der Waals surface area contributed by atoms with Crippen molar-refractivity contribution in [2.45, 2.75) is 19.0 Å². The predicted molar refractivity (Wildman–Crippen MR) is 74.1 cm³/mol. The summed E-state index contributed by atoms with van der Waals surface area (Å²) in [6.45, 7) is 2.47. The Morgan fingerprint density at radius 2 is 2.19 bits per heavy atom. The van der Waals surface area contributed by atoms with Crippen molar-refractivity contribution in [2.24, 2.45) is 5.92 Å². The van der Waals surface area contributed by atoms with E-state index in [4.69, 9.17) is 0 Å². The van der Waals surface area contributed by atoms with Crippen molar-refractivity contribution in [2.75, 3.05) is 25.0 Å². The lowest BCUT2D eigenvalue weighted by Crippen LogP contribution is -2.30. The van der Waals surface area contributed by atoms with E-state index in [0.717, 1.165) is 38.1 Å². The Kier molecular flexibility index (Phi) is 5.06. The zero-order valence-electron chi connectivity index (χ0n) is 11.5. The monoisotopic (exact) mass is 301 g/mol. The summed E-state index contributed by atoms with van der Waals surface area (Å²) in [5.74, 6) is 0.554. The van der Waals surface area contributed by atoms with Gasteiger partial charge in [0.15, 0.2) is 0 Å². The number of rotatable bonds is 4. The van der Waals surface area contributed by atoms with Crippen LogP contribution in [0.3, 0.4) is 0 Å². The summed E-state index contributed by atoms with van der Waals surface area (Å²) in [6.07, 6.45) is -2.45. The molecule has 3 N–H and O–H groups in total. The third-order valence-electron chi connectivity index (χ3n) is 3.45. The molecule has 7 heteroatoms. The van der Waals surface area contributed by atoms with Crippen molar-refractivity contribution in [3.63, 3.8) is 0 Å². The number of hydrogen-bond acceptors (Lipinski definition) is 2. The molecule has 4 nitrogen and oxygen atoms in total. The van der Waals surface area contributed by atoms with Gasteiger partial charge in [0, 0.05) is 12.2 Å². The Bertz CT molecular complexity index is 485. The van der Waals surface area contributed by atoms with Crippen LogP contribution in [0, 0.1) is 5.92 Å². The zero-order chi connectivity index (χ0) is 15.3. The molecule has 2 amide bonds. The molecule has 1 aromatic rings. The summed E-state index contributed by atoms with van der Waals surface area (Å²) < 4.78 is 37.6. The van der Waals surface area contributed by atoms with Crippen LogP contribution < -0.4 is 16.0 Å². The number of alkyl halides is 3. The summed E-state index contributed by atoms with van der Waals surface area (Å²) in [5.41, 5.74) is -0.651. The van der Waals surface area contributed by atoms with Gasteiger partial charge in [-0.1, -0.05) is 6.07 Å². The highest BCUT2D eigenvalue weighted by atomic mass is 19.4. The number of urea groups is 1. The Hall–Kier alpha value is -1.76. The number of amides is 2. The van der Waals surface area contributed by atoms with Gasteiger partial charge in [-0.25, -0.2) is 4.79 Å². The molecule has 2 rings (SSSR count). The van der Waals surface area contributed by atoms with E-state index in [1.54, 1.807) is 0 Å². The quantitative estimate of drug-likeness (QED) is 0.801. The molecule has 116 valence electrons. The van der Waals surface area contributed by atoms with Crippen LogP contribution in [0.25, 0.3) is 0 Å². The summed E-state index contributed by atoms with van der Waals surface area (Å²) in [4.78, 5) is 11.6. The van der Waals surface area contributed by atoms with Crippen LogP contribution in [0.2, 0.25) is 0 Å². The minimum Gasteiger partial charge on any atom is -0.338 e. The fourth-order valence-electron chi connectivity index (χ4n) is 2.30. The highest BCUT2D eigenvalue weighted by molar-refractivity contribution is 5.89. The third-order valence-corrected chi connectivity index (χ3v) is 3.45. The molecule has 1 atom stereocenters. The van der Waals surface area contributed by atoms with Gasteiger partial charge < -0.3 is 16.0 Å². The minimum atomic E-state index is -4.41. The van der Waals surface area contributed by atoms with Crippen LogP contribution in [0.1, 0.15) is 18.4 Å². The second kappa shape index (κ2) is 6.80. The van der Waals surface area contributed by atoms with Crippen LogP contribution in [-0.2, 0) is 6.18 Å². The van der Waals surface area contributed by atoms with Crippen LogP contribution >= 0.6 is 0 Å². The molecule has 1 aromatic carbocycles. The maximum atomic E-state index is 12.5. The van der Waals surface area contributed by atoms with Gasteiger partial charge in [-0.15, -0.1) is 0 Å². The van der Waals surface area contributed by atoms with Crippen LogP contribution in [-0.4, -0.2) is 25.7 Å². The summed E-state index contributed by atoms with van der Waals surface area (Å²) >= 11 is 0. The van der Waals surface area contributed by atoms with Crippen molar-refractivity contribution in [1.82, 2.24) is 10.6 Å². The van der Waals surface area contributed by atoms with Crippen molar-refractivity contribution in [3.8, 4) is 0 Å². The normalized spacial score (nSPS) is 18.5. The SMILES string of the molecule is O=C(NCCC1CCNC1)Nc1cccc(C(F)(F)F)c1. The van der Waals surface area contributed by atoms with E-state index in [2.05, 4.69) is 16.0 Å². The summed E-state index contributed by atoms with van der Waals surface area (Å²) in [6, 6.07) is 4.09. The van der Waals surface area contributed by atoms with E-state index in [0.29, 0.717) is 12.5 Å². The number of halogens is 3.